The van der Waals surface area contributed by atoms with Crippen molar-refractivity contribution in [3.05, 3.63) is 70.2 Å². The van der Waals surface area contributed by atoms with Crippen LogP contribution in [0.3, 0.4) is 0 Å². The van der Waals surface area contributed by atoms with Crippen molar-refractivity contribution in [3.8, 4) is 0 Å². The van der Waals surface area contributed by atoms with E-state index in [1.807, 2.05) is 57.4 Å². The molecule has 2 aromatic rings. The van der Waals surface area contributed by atoms with Gasteiger partial charge in [-0.25, -0.2) is 0 Å². The molecule has 3 atom stereocenters. The highest BCUT2D eigenvalue weighted by atomic mass is 35.5. The summed E-state index contributed by atoms with van der Waals surface area (Å²) in [6.45, 7) is 4.72. The third-order valence-electron chi connectivity index (χ3n) is 6.30. The molecule has 0 radical (unpaired) electrons. The molecule has 27 heavy (non-hydrogen) atoms. The predicted octanol–water partition coefficient (Wildman–Crippen LogP) is 4.93. The molecule has 0 amide bonds. The molecule has 2 aromatic carbocycles. The van der Waals surface area contributed by atoms with E-state index in [4.69, 9.17) is 16.3 Å². The van der Waals surface area contributed by atoms with Gasteiger partial charge in [-0.1, -0.05) is 54.1 Å². The zero-order valence-corrected chi connectivity index (χ0v) is 17.5. The van der Waals surface area contributed by atoms with Crippen molar-refractivity contribution in [2.24, 2.45) is 0 Å². The van der Waals surface area contributed by atoms with Gasteiger partial charge in [0, 0.05) is 5.02 Å². The summed E-state index contributed by atoms with van der Waals surface area (Å²) in [5.41, 5.74) is 1.72. The van der Waals surface area contributed by atoms with Crippen LogP contribution in [0.2, 0.25) is 5.02 Å². The highest BCUT2D eigenvalue weighted by molar-refractivity contribution is 6.31. The fraction of sp³-hybridized carbons (Fsp3) is 0.478. The van der Waals surface area contributed by atoms with Gasteiger partial charge in [0.25, 0.3) is 0 Å². The Morgan fingerprint density at radius 2 is 1.89 bits per heavy atom. The molecule has 0 aromatic heterocycles. The van der Waals surface area contributed by atoms with Crippen LogP contribution in [0.5, 0.6) is 0 Å². The van der Waals surface area contributed by atoms with Crippen LogP contribution in [-0.2, 0) is 16.9 Å². The second-order valence-corrected chi connectivity index (χ2v) is 8.56. The summed E-state index contributed by atoms with van der Waals surface area (Å²) in [6, 6.07) is 16.1. The standard InChI is InChI=1S/C23H30ClNO2/c1-17-14-19(10-11-21(17)24)23(26)13-12-20(15-22(23,2)25(3)4)27-16-18-8-6-5-7-9-18/h5-11,14,20,26H,12-13,15-16H2,1-4H3. The van der Waals surface area contributed by atoms with Crippen molar-refractivity contribution in [1.29, 1.82) is 0 Å². The van der Waals surface area contributed by atoms with Gasteiger partial charge in [-0.3, -0.25) is 0 Å². The number of halogens is 1. The van der Waals surface area contributed by atoms with Gasteiger partial charge in [0.05, 0.1) is 18.2 Å². The number of nitrogens with zero attached hydrogens (tertiary/aromatic N) is 1. The Balaban J connectivity index is 1.82. The van der Waals surface area contributed by atoms with Crippen LogP contribution in [0, 0.1) is 6.92 Å². The molecule has 3 nitrogen and oxygen atoms in total. The fourth-order valence-corrected chi connectivity index (χ4v) is 4.31. The van der Waals surface area contributed by atoms with E-state index in [1.54, 1.807) is 0 Å². The van der Waals surface area contributed by atoms with Gasteiger partial charge >= 0.3 is 0 Å². The summed E-state index contributed by atoms with van der Waals surface area (Å²) >= 11 is 6.21. The topological polar surface area (TPSA) is 32.7 Å². The lowest BCUT2D eigenvalue weighted by molar-refractivity contribution is -0.159. The molecule has 1 fully saturated rings. The monoisotopic (exact) mass is 387 g/mol. The molecule has 1 N–H and O–H groups in total. The lowest BCUT2D eigenvalue weighted by Crippen LogP contribution is -2.62. The van der Waals surface area contributed by atoms with E-state index in [9.17, 15) is 5.11 Å². The van der Waals surface area contributed by atoms with Crippen LogP contribution in [-0.4, -0.2) is 35.7 Å². The first-order valence-corrected chi connectivity index (χ1v) is 9.96. The van der Waals surface area contributed by atoms with E-state index in [2.05, 4.69) is 24.0 Å². The van der Waals surface area contributed by atoms with Gasteiger partial charge in [-0.2, -0.15) is 0 Å². The van der Waals surface area contributed by atoms with Crippen LogP contribution < -0.4 is 0 Å². The zero-order valence-electron chi connectivity index (χ0n) is 16.7. The predicted molar refractivity (Wildman–Crippen MR) is 111 cm³/mol. The second-order valence-electron chi connectivity index (χ2n) is 8.15. The van der Waals surface area contributed by atoms with Crippen LogP contribution in [0.15, 0.2) is 48.5 Å². The van der Waals surface area contributed by atoms with E-state index in [0.717, 1.165) is 29.0 Å². The largest absolute Gasteiger partial charge is 0.383 e. The van der Waals surface area contributed by atoms with E-state index in [-0.39, 0.29) is 6.10 Å². The Bertz CT molecular complexity index is 779. The van der Waals surface area contributed by atoms with Crippen LogP contribution in [0.4, 0.5) is 0 Å². The molecular weight excluding hydrogens is 358 g/mol. The number of benzene rings is 2. The molecule has 0 aliphatic heterocycles. The highest BCUT2D eigenvalue weighted by Crippen LogP contribution is 2.48. The Hall–Kier alpha value is -1.39. The van der Waals surface area contributed by atoms with Crippen molar-refractivity contribution in [2.75, 3.05) is 14.1 Å². The lowest BCUT2D eigenvalue weighted by Gasteiger charge is -2.54. The Morgan fingerprint density at radius 1 is 1.19 bits per heavy atom. The summed E-state index contributed by atoms with van der Waals surface area (Å²) in [6.07, 6.45) is 2.37. The quantitative estimate of drug-likeness (QED) is 0.789. The maximum absolute atomic E-state index is 11.8. The van der Waals surface area contributed by atoms with Crippen LogP contribution >= 0.6 is 11.6 Å². The summed E-state index contributed by atoms with van der Waals surface area (Å²) < 4.78 is 6.23. The lowest BCUT2D eigenvalue weighted by atomic mass is 9.65. The minimum Gasteiger partial charge on any atom is -0.383 e. The number of hydrogen-bond donors (Lipinski definition) is 1. The summed E-state index contributed by atoms with van der Waals surface area (Å²) in [4.78, 5) is 2.13. The van der Waals surface area contributed by atoms with Crippen molar-refractivity contribution in [3.63, 3.8) is 0 Å². The molecule has 3 rings (SSSR count). The minimum atomic E-state index is -0.946. The average Bonchev–Trinajstić information content (AvgIpc) is 2.65. The Labute approximate surface area is 167 Å². The number of ether oxygens (including phenoxy) is 1. The number of aliphatic hydroxyl groups is 1. The minimum absolute atomic E-state index is 0.117. The first-order chi connectivity index (χ1) is 12.8. The third kappa shape index (κ3) is 3.93. The summed E-state index contributed by atoms with van der Waals surface area (Å²) in [5, 5.41) is 12.5. The number of aryl methyl sites for hydroxylation is 1. The molecule has 3 unspecified atom stereocenters. The van der Waals surface area contributed by atoms with Gasteiger partial charge in [0.1, 0.15) is 5.60 Å². The van der Waals surface area contributed by atoms with Crippen molar-refractivity contribution in [1.82, 2.24) is 4.90 Å². The first-order valence-electron chi connectivity index (χ1n) is 9.58. The zero-order chi connectivity index (χ0) is 19.7. The maximum atomic E-state index is 11.8. The van der Waals surface area contributed by atoms with Crippen molar-refractivity contribution >= 4 is 11.6 Å². The molecule has 0 saturated heterocycles. The molecule has 4 heteroatoms. The first kappa shape index (κ1) is 20.3. The van der Waals surface area contributed by atoms with Crippen LogP contribution in [0.25, 0.3) is 0 Å². The number of likely N-dealkylation sites (N-methyl/N-ethyl adjacent to an activating group) is 1. The van der Waals surface area contributed by atoms with Gasteiger partial charge in [0.2, 0.25) is 0 Å². The third-order valence-corrected chi connectivity index (χ3v) is 6.72. The second kappa shape index (κ2) is 7.92. The molecule has 0 heterocycles. The Kier molecular flexibility index (Phi) is 5.97. The number of hydrogen-bond acceptors (Lipinski definition) is 3. The van der Waals surface area contributed by atoms with E-state index < -0.39 is 11.1 Å². The summed E-state index contributed by atoms with van der Waals surface area (Å²) in [7, 11) is 4.07. The van der Waals surface area contributed by atoms with Crippen molar-refractivity contribution in [2.45, 2.75) is 57.0 Å². The van der Waals surface area contributed by atoms with Gasteiger partial charge in [-0.05, 0) is 70.0 Å². The average molecular weight is 388 g/mol. The molecule has 1 aliphatic rings. The maximum Gasteiger partial charge on any atom is 0.108 e. The van der Waals surface area contributed by atoms with E-state index in [0.29, 0.717) is 13.0 Å². The molecule has 0 spiro atoms. The van der Waals surface area contributed by atoms with Crippen molar-refractivity contribution < 1.29 is 9.84 Å². The van der Waals surface area contributed by atoms with Gasteiger partial charge in [0.15, 0.2) is 0 Å². The Morgan fingerprint density at radius 3 is 2.52 bits per heavy atom. The fourth-order valence-electron chi connectivity index (χ4n) is 4.19. The molecule has 1 aliphatic carbocycles. The highest BCUT2D eigenvalue weighted by Gasteiger charge is 2.53. The van der Waals surface area contributed by atoms with Gasteiger partial charge < -0.3 is 14.7 Å². The van der Waals surface area contributed by atoms with Gasteiger partial charge in [-0.15, -0.1) is 0 Å². The van der Waals surface area contributed by atoms with E-state index in [1.165, 1.54) is 5.56 Å². The molecule has 0 bridgehead atoms. The van der Waals surface area contributed by atoms with E-state index >= 15 is 0 Å². The normalized spacial score (nSPS) is 28.5. The molecular formula is C23H30ClNO2. The SMILES string of the molecule is Cc1cc(C2(O)CCC(OCc3ccccc3)CC2(C)N(C)C)ccc1Cl. The molecule has 1 saturated carbocycles. The summed E-state index contributed by atoms with van der Waals surface area (Å²) in [5.74, 6) is 0. The number of rotatable bonds is 5. The van der Waals surface area contributed by atoms with Crippen LogP contribution in [0.1, 0.15) is 42.9 Å². The smallest absolute Gasteiger partial charge is 0.108 e. The molecule has 146 valence electrons.